The molecule has 0 amide bonds. The van der Waals surface area contributed by atoms with Crippen molar-refractivity contribution in [3.8, 4) is 0 Å². The summed E-state index contributed by atoms with van der Waals surface area (Å²) in [4.78, 5) is 2.96. The Bertz CT molecular complexity index is 374. The van der Waals surface area contributed by atoms with E-state index < -0.39 is 0 Å². The van der Waals surface area contributed by atoms with Gasteiger partial charge in [-0.1, -0.05) is 18.6 Å². The predicted octanol–water partition coefficient (Wildman–Crippen LogP) is 1.06. The first-order valence-corrected chi connectivity index (χ1v) is 6.09. The minimum absolute atomic E-state index is 0.255. The molecule has 0 aromatic carbocycles. The second-order valence-corrected chi connectivity index (χ2v) is 4.84. The van der Waals surface area contributed by atoms with E-state index in [0.29, 0.717) is 4.99 Å². The van der Waals surface area contributed by atoms with E-state index in [1.165, 1.54) is 12.8 Å². The minimum atomic E-state index is 0.255. The fraction of sp³-hybridized carbons (Fsp3) is 0.636. The van der Waals surface area contributed by atoms with E-state index in [1.54, 1.807) is 0 Å². The van der Waals surface area contributed by atoms with E-state index in [0.717, 1.165) is 25.2 Å². The summed E-state index contributed by atoms with van der Waals surface area (Å²) in [5.74, 6) is 0. The molecule has 88 valence electrons. The molecular formula is C11H18N4S. The standard InChI is InChI=1S/C11H18N4S/c1-14-7-5-9(13-14)8-15-6-3-2-4-10(15)11(12)16/h5,7,10H,2-4,6,8H2,1H3,(H2,12,16). The smallest absolute Gasteiger partial charge is 0.0902 e. The van der Waals surface area contributed by atoms with Gasteiger partial charge in [-0.15, -0.1) is 0 Å². The number of thiocarbonyl (C=S) groups is 1. The maximum Gasteiger partial charge on any atom is 0.0902 e. The monoisotopic (exact) mass is 238 g/mol. The molecular weight excluding hydrogens is 220 g/mol. The van der Waals surface area contributed by atoms with Crippen LogP contribution in [0.3, 0.4) is 0 Å². The van der Waals surface area contributed by atoms with Crippen LogP contribution in [0.15, 0.2) is 12.3 Å². The molecule has 1 atom stereocenters. The van der Waals surface area contributed by atoms with Gasteiger partial charge in [0.05, 0.1) is 16.7 Å². The topological polar surface area (TPSA) is 47.1 Å². The van der Waals surface area contributed by atoms with Crippen molar-refractivity contribution in [2.45, 2.75) is 31.8 Å². The first-order chi connectivity index (χ1) is 7.66. The van der Waals surface area contributed by atoms with Crippen molar-refractivity contribution in [2.75, 3.05) is 6.54 Å². The number of nitrogens with two attached hydrogens (primary N) is 1. The van der Waals surface area contributed by atoms with Crippen molar-refractivity contribution in [1.82, 2.24) is 14.7 Å². The number of hydrogen-bond acceptors (Lipinski definition) is 3. The van der Waals surface area contributed by atoms with Crippen LogP contribution >= 0.6 is 12.2 Å². The van der Waals surface area contributed by atoms with Crippen LogP contribution in [0.2, 0.25) is 0 Å². The molecule has 2 rings (SSSR count). The van der Waals surface area contributed by atoms with Crippen LogP contribution in [0, 0.1) is 0 Å². The molecule has 1 unspecified atom stereocenters. The fourth-order valence-corrected chi connectivity index (χ4v) is 2.52. The normalized spacial score (nSPS) is 22.2. The lowest BCUT2D eigenvalue weighted by Gasteiger charge is -2.34. The Labute approximate surface area is 101 Å². The molecule has 16 heavy (non-hydrogen) atoms. The Balaban J connectivity index is 2.03. The van der Waals surface area contributed by atoms with Crippen molar-refractivity contribution in [3.05, 3.63) is 18.0 Å². The molecule has 2 N–H and O–H groups in total. The van der Waals surface area contributed by atoms with E-state index >= 15 is 0 Å². The number of hydrogen-bond donors (Lipinski definition) is 1. The summed E-state index contributed by atoms with van der Waals surface area (Å²) >= 11 is 5.12. The van der Waals surface area contributed by atoms with E-state index in [4.69, 9.17) is 18.0 Å². The number of aryl methyl sites for hydroxylation is 1. The highest BCUT2D eigenvalue weighted by atomic mass is 32.1. The van der Waals surface area contributed by atoms with Gasteiger partial charge >= 0.3 is 0 Å². The van der Waals surface area contributed by atoms with Gasteiger partial charge in [-0.2, -0.15) is 5.10 Å². The summed E-state index contributed by atoms with van der Waals surface area (Å²) in [6.07, 6.45) is 5.50. The third-order valence-corrected chi connectivity index (χ3v) is 3.35. The Morgan fingerprint density at radius 3 is 3.06 bits per heavy atom. The van der Waals surface area contributed by atoms with Gasteiger partial charge < -0.3 is 5.73 Å². The lowest BCUT2D eigenvalue weighted by atomic mass is 10.0. The second-order valence-electron chi connectivity index (χ2n) is 4.37. The van der Waals surface area contributed by atoms with E-state index in [2.05, 4.69) is 10.00 Å². The molecule has 1 aliphatic heterocycles. The maximum atomic E-state index is 5.78. The van der Waals surface area contributed by atoms with E-state index in [1.807, 2.05) is 24.0 Å². The van der Waals surface area contributed by atoms with Crippen molar-refractivity contribution < 1.29 is 0 Å². The number of nitrogens with zero attached hydrogens (tertiary/aromatic N) is 3. The molecule has 1 fully saturated rings. The van der Waals surface area contributed by atoms with Crippen molar-refractivity contribution in [3.63, 3.8) is 0 Å². The van der Waals surface area contributed by atoms with Crippen LogP contribution in [0.1, 0.15) is 25.0 Å². The highest BCUT2D eigenvalue weighted by molar-refractivity contribution is 7.80. The SMILES string of the molecule is Cn1ccc(CN2CCCCC2C(N)=S)n1. The summed E-state index contributed by atoms with van der Waals surface area (Å²) in [5, 5.41) is 4.39. The quantitative estimate of drug-likeness (QED) is 0.800. The lowest BCUT2D eigenvalue weighted by molar-refractivity contribution is 0.182. The average molecular weight is 238 g/mol. The zero-order chi connectivity index (χ0) is 11.5. The zero-order valence-corrected chi connectivity index (χ0v) is 10.4. The van der Waals surface area contributed by atoms with Crippen LogP contribution < -0.4 is 5.73 Å². The molecule has 1 aromatic heterocycles. The summed E-state index contributed by atoms with van der Waals surface area (Å²) in [5.41, 5.74) is 6.87. The summed E-state index contributed by atoms with van der Waals surface area (Å²) in [6, 6.07) is 2.30. The lowest BCUT2D eigenvalue weighted by Crippen LogP contribution is -2.46. The van der Waals surface area contributed by atoms with Gasteiger partial charge in [0.25, 0.3) is 0 Å². The van der Waals surface area contributed by atoms with Crippen molar-refractivity contribution in [2.24, 2.45) is 12.8 Å². The second kappa shape index (κ2) is 4.93. The number of rotatable bonds is 3. The van der Waals surface area contributed by atoms with Crippen LogP contribution in [0.4, 0.5) is 0 Å². The van der Waals surface area contributed by atoms with E-state index in [-0.39, 0.29) is 6.04 Å². The molecule has 5 heteroatoms. The largest absolute Gasteiger partial charge is 0.392 e. The molecule has 0 bridgehead atoms. The Kier molecular flexibility index (Phi) is 3.56. The molecule has 0 radical (unpaired) electrons. The highest BCUT2D eigenvalue weighted by Crippen LogP contribution is 2.19. The third-order valence-electron chi connectivity index (χ3n) is 3.08. The molecule has 4 nitrogen and oxygen atoms in total. The predicted molar refractivity (Wildman–Crippen MR) is 68.0 cm³/mol. The summed E-state index contributed by atoms with van der Waals surface area (Å²) in [7, 11) is 1.94. The Morgan fingerprint density at radius 1 is 1.62 bits per heavy atom. The van der Waals surface area contributed by atoms with Crippen LogP contribution in [-0.4, -0.2) is 32.3 Å². The van der Waals surface area contributed by atoms with Gasteiger partial charge in [0.1, 0.15) is 0 Å². The number of piperidine rings is 1. The van der Waals surface area contributed by atoms with Gasteiger partial charge in [0.2, 0.25) is 0 Å². The van der Waals surface area contributed by atoms with Crippen LogP contribution in [0.5, 0.6) is 0 Å². The molecule has 0 saturated carbocycles. The third kappa shape index (κ3) is 2.59. The van der Waals surface area contributed by atoms with Crippen LogP contribution in [-0.2, 0) is 13.6 Å². The summed E-state index contributed by atoms with van der Waals surface area (Å²) < 4.78 is 1.83. The highest BCUT2D eigenvalue weighted by Gasteiger charge is 2.24. The van der Waals surface area contributed by atoms with E-state index in [9.17, 15) is 0 Å². The van der Waals surface area contributed by atoms with Gasteiger partial charge in [-0.3, -0.25) is 9.58 Å². The number of aromatic nitrogens is 2. The average Bonchev–Trinajstić information content (AvgIpc) is 2.64. The number of likely N-dealkylation sites (tertiary alicyclic amines) is 1. The first-order valence-electron chi connectivity index (χ1n) is 5.68. The minimum Gasteiger partial charge on any atom is -0.392 e. The van der Waals surface area contributed by atoms with Gasteiger partial charge in [0, 0.05) is 19.8 Å². The fourth-order valence-electron chi connectivity index (χ4n) is 2.26. The molecule has 0 aliphatic carbocycles. The molecule has 1 aromatic rings. The first kappa shape index (κ1) is 11.5. The van der Waals surface area contributed by atoms with Crippen molar-refractivity contribution in [1.29, 1.82) is 0 Å². The van der Waals surface area contributed by atoms with Gasteiger partial charge in [-0.25, -0.2) is 0 Å². The molecule has 0 spiro atoms. The summed E-state index contributed by atoms with van der Waals surface area (Å²) in [6.45, 7) is 1.92. The van der Waals surface area contributed by atoms with Crippen LogP contribution in [0.25, 0.3) is 0 Å². The van der Waals surface area contributed by atoms with Crippen molar-refractivity contribution >= 4 is 17.2 Å². The zero-order valence-electron chi connectivity index (χ0n) is 9.59. The van der Waals surface area contributed by atoms with Gasteiger partial charge in [-0.05, 0) is 25.5 Å². The molecule has 1 aliphatic rings. The molecule has 1 saturated heterocycles. The Hall–Kier alpha value is -0.940. The Morgan fingerprint density at radius 2 is 2.44 bits per heavy atom. The molecule has 2 heterocycles. The van der Waals surface area contributed by atoms with Gasteiger partial charge in [0.15, 0.2) is 0 Å². The maximum absolute atomic E-state index is 5.78.